The van der Waals surface area contributed by atoms with E-state index in [4.69, 9.17) is 14.7 Å². The van der Waals surface area contributed by atoms with Crippen molar-refractivity contribution >= 4 is 11.4 Å². The van der Waals surface area contributed by atoms with Crippen molar-refractivity contribution in [2.75, 3.05) is 13.2 Å². The third-order valence-electron chi connectivity index (χ3n) is 4.15. The number of hydrogen-bond donors (Lipinski definition) is 0. The molecule has 3 heteroatoms. The Hall–Kier alpha value is -0.700. The summed E-state index contributed by atoms with van der Waals surface area (Å²) < 4.78 is 5.59. The van der Waals surface area contributed by atoms with Crippen molar-refractivity contribution in [3.8, 4) is 0 Å². The molecule has 3 nitrogen and oxygen atoms in total. The van der Waals surface area contributed by atoms with Gasteiger partial charge in [0.15, 0.2) is 0 Å². The summed E-state index contributed by atoms with van der Waals surface area (Å²) in [6.07, 6.45) is 1.11. The number of rotatable bonds is 0. The molecule has 1 spiro atoms. The van der Waals surface area contributed by atoms with Crippen LogP contribution in [0.5, 0.6) is 0 Å². The molecule has 0 aromatic rings. The molecule has 76 valence electrons. The van der Waals surface area contributed by atoms with Crippen LogP contribution < -0.4 is 0 Å². The fourth-order valence-electron chi connectivity index (χ4n) is 3.09. The van der Waals surface area contributed by atoms with E-state index in [-0.39, 0.29) is 11.1 Å². The lowest BCUT2D eigenvalue weighted by atomic mass is 9.68. The molecule has 2 bridgehead atoms. The Morgan fingerprint density at radius 2 is 2.07 bits per heavy atom. The average molecular weight is 192 g/mol. The van der Waals surface area contributed by atoms with Crippen LogP contribution in [0.4, 0.5) is 0 Å². The standard InChI is InChI=1S/C11H16N2O/c1-7-10(3)4-9-5-14-6-11(9,13-7)8(2)12-10/h9H,4-6H2,1-3H3/t9-,10+,11-/m1/s1. The summed E-state index contributed by atoms with van der Waals surface area (Å²) in [5.41, 5.74) is 2.25. The first-order chi connectivity index (χ1) is 6.57. The maximum atomic E-state index is 5.59. The van der Waals surface area contributed by atoms with Crippen LogP contribution in [0.3, 0.4) is 0 Å². The molecule has 1 saturated heterocycles. The van der Waals surface area contributed by atoms with Crippen molar-refractivity contribution in [3.63, 3.8) is 0 Å². The molecule has 0 unspecified atom stereocenters. The fourth-order valence-corrected chi connectivity index (χ4v) is 3.09. The Labute approximate surface area is 84.3 Å². The second-order valence-corrected chi connectivity index (χ2v) is 5.01. The van der Waals surface area contributed by atoms with E-state index in [0.717, 1.165) is 19.6 Å². The van der Waals surface area contributed by atoms with Crippen molar-refractivity contribution in [2.24, 2.45) is 15.9 Å². The van der Waals surface area contributed by atoms with Crippen LogP contribution in [0, 0.1) is 5.92 Å². The summed E-state index contributed by atoms with van der Waals surface area (Å²) >= 11 is 0. The topological polar surface area (TPSA) is 34.0 Å². The van der Waals surface area contributed by atoms with Gasteiger partial charge in [-0.25, -0.2) is 0 Å². The zero-order valence-corrected chi connectivity index (χ0v) is 9.00. The Morgan fingerprint density at radius 1 is 1.29 bits per heavy atom. The monoisotopic (exact) mass is 192 g/mol. The summed E-state index contributed by atoms with van der Waals surface area (Å²) in [6, 6.07) is 0. The molecule has 0 saturated carbocycles. The highest BCUT2D eigenvalue weighted by molar-refractivity contribution is 6.05. The minimum absolute atomic E-state index is 0.0375. The maximum absolute atomic E-state index is 5.59. The van der Waals surface area contributed by atoms with Gasteiger partial charge in [-0.2, -0.15) is 0 Å². The van der Waals surface area contributed by atoms with Crippen molar-refractivity contribution in [3.05, 3.63) is 0 Å². The zero-order chi connectivity index (χ0) is 9.97. The van der Waals surface area contributed by atoms with E-state index < -0.39 is 0 Å². The van der Waals surface area contributed by atoms with E-state index in [1.807, 2.05) is 0 Å². The number of aliphatic imine (C=N–C) groups is 2. The van der Waals surface area contributed by atoms with Gasteiger partial charge in [0.25, 0.3) is 0 Å². The van der Waals surface area contributed by atoms with Gasteiger partial charge in [0, 0.05) is 17.3 Å². The molecule has 4 rings (SSSR count). The second-order valence-electron chi connectivity index (χ2n) is 5.01. The Bertz CT molecular complexity index is 360. The number of nitrogens with zero attached hydrogens (tertiary/aromatic N) is 2. The highest BCUT2D eigenvalue weighted by Crippen LogP contribution is 2.47. The smallest absolute Gasteiger partial charge is 0.126 e. The largest absolute Gasteiger partial charge is 0.378 e. The first-order valence-corrected chi connectivity index (χ1v) is 5.28. The highest BCUT2D eigenvalue weighted by atomic mass is 16.5. The average Bonchev–Trinajstić information content (AvgIpc) is 2.48. The molecule has 0 radical (unpaired) electrons. The van der Waals surface area contributed by atoms with Crippen molar-refractivity contribution < 1.29 is 4.74 Å². The molecule has 4 aliphatic rings. The SMILES string of the molecule is CC1=N[C@@]23COC[C@H]2C[C@]1(C)N=C3C. The van der Waals surface area contributed by atoms with Gasteiger partial charge in [-0.05, 0) is 27.2 Å². The predicted molar refractivity (Wildman–Crippen MR) is 56.3 cm³/mol. The van der Waals surface area contributed by atoms with Gasteiger partial charge in [0.1, 0.15) is 5.54 Å². The van der Waals surface area contributed by atoms with Crippen molar-refractivity contribution in [2.45, 2.75) is 38.3 Å². The van der Waals surface area contributed by atoms with Crippen molar-refractivity contribution in [1.29, 1.82) is 0 Å². The summed E-state index contributed by atoms with van der Waals surface area (Å²) in [7, 11) is 0. The summed E-state index contributed by atoms with van der Waals surface area (Å²) in [5, 5.41) is 0. The Morgan fingerprint density at radius 3 is 2.86 bits per heavy atom. The molecule has 4 aliphatic heterocycles. The van der Waals surface area contributed by atoms with Crippen molar-refractivity contribution in [1.82, 2.24) is 0 Å². The third kappa shape index (κ3) is 0.776. The van der Waals surface area contributed by atoms with Crippen LogP contribution in [-0.2, 0) is 4.74 Å². The molecular weight excluding hydrogens is 176 g/mol. The molecule has 1 fully saturated rings. The van der Waals surface area contributed by atoms with Crippen LogP contribution in [0.15, 0.2) is 9.98 Å². The van der Waals surface area contributed by atoms with Gasteiger partial charge in [-0.15, -0.1) is 0 Å². The zero-order valence-electron chi connectivity index (χ0n) is 9.00. The molecule has 3 atom stereocenters. The minimum atomic E-state index is -0.0815. The van der Waals surface area contributed by atoms with Gasteiger partial charge in [-0.1, -0.05) is 0 Å². The van der Waals surface area contributed by atoms with Gasteiger partial charge in [0.2, 0.25) is 0 Å². The maximum Gasteiger partial charge on any atom is 0.126 e. The number of ether oxygens (including phenoxy) is 1. The molecule has 14 heavy (non-hydrogen) atoms. The molecule has 0 aromatic carbocycles. The van der Waals surface area contributed by atoms with E-state index in [9.17, 15) is 0 Å². The van der Waals surface area contributed by atoms with E-state index in [1.165, 1.54) is 11.4 Å². The first kappa shape index (κ1) is 8.60. The Kier molecular flexibility index (Phi) is 1.39. The lowest BCUT2D eigenvalue weighted by Crippen LogP contribution is -2.58. The van der Waals surface area contributed by atoms with Crippen LogP contribution in [0.25, 0.3) is 0 Å². The van der Waals surface area contributed by atoms with Crippen LogP contribution in [0.2, 0.25) is 0 Å². The molecule has 0 N–H and O–H groups in total. The van der Waals surface area contributed by atoms with Crippen LogP contribution in [-0.4, -0.2) is 35.7 Å². The lowest BCUT2D eigenvalue weighted by molar-refractivity contribution is 0.181. The summed E-state index contributed by atoms with van der Waals surface area (Å²) in [5.74, 6) is 0.564. The van der Waals surface area contributed by atoms with Gasteiger partial charge < -0.3 is 4.74 Å². The minimum Gasteiger partial charge on any atom is -0.378 e. The van der Waals surface area contributed by atoms with Crippen LogP contribution in [0.1, 0.15) is 27.2 Å². The normalized spacial score (nSPS) is 50.1. The van der Waals surface area contributed by atoms with Crippen LogP contribution >= 0.6 is 0 Å². The highest BCUT2D eigenvalue weighted by Gasteiger charge is 2.57. The molecule has 0 aliphatic carbocycles. The summed E-state index contributed by atoms with van der Waals surface area (Å²) in [4.78, 5) is 9.66. The summed E-state index contributed by atoms with van der Waals surface area (Å²) in [6.45, 7) is 8.00. The molecular formula is C11H16N2O. The number of hydrogen-bond acceptors (Lipinski definition) is 3. The van der Waals surface area contributed by atoms with E-state index >= 15 is 0 Å². The fraction of sp³-hybridized carbons (Fsp3) is 0.818. The third-order valence-corrected chi connectivity index (χ3v) is 4.15. The predicted octanol–water partition coefficient (Wildman–Crippen LogP) is 1.47. The van der Waals surface area contributed by atoms with Gasteiger partial charge in [0.05, 0.1) is 18.8 Å². The van der Waals surface area contributed by atoms with Gasteiger partial charge in [-0.3, -0.25) is 9.98 Å². The molecule has 4 heterocycles. The Balaban J connectivity index is 2.20. The van der Waals surface area contributed by atoms with E-state index in [2.05, 4.69) is 20.8 Å². The van der Waals surface area contributed by atoms with Gasteiger partial charge >= 0.3 is 0 Å². The molecule has 0 amide bonds. The van der Waals surface area contributed by atoms with E-state index in [1.54, 1.807) is 0 Å². The van der Waals surface area contributed by atoms with E-state index in [0.29, 0.717) is 5.92 Å². The second kappa shape index (κ2) is 2.27. The lowest BCUT2D eigenvalue weighted by Gasteiger charge is -2.47. The quantitative estimate of drug-likeness (QED) is 0.572. The molecule has 0 aromatic heterocycles. The first-order valence-electron chi connectivity index (χ1n) is 5.28.